The molecule has 0 fully saturated rings. The molecule has 88 valence electrons. The second kappa shape index (κ2) is 10.7. The predicted molar refractivity (Wildman–Crippen MR) is 75.2 cm³/mol. The number of nitriles is 2. The minimum atomic E-state index is 1.23. The molecule has 0 aromatic heterocycles. The fraction of sp³-hybridized carbons (Fsp3) is 0. The van der Waals surface area contributed by atoms with Gasteiger partial charge in [-0.2, -0.15) is 0 Å². The molecule has 0 atom stereocenters. The number of benzene rings is 2. The third kappa shape index (κ3) is 5.90. The molecule has 2 rings (SSSR count). The second-order valence-electron chi connectivity index (χ2n) is 3.15. The van der Waals surface area contributed by atoms with Crippen LogP contribution in [0.4, 0.5) is 0 Å². The van der Waals surface area contributed by atoms with E-state index in [1.54, 1.807) is 0 Å². The molecular formula is C16H14N2. The van der Waals surface area contributed by atoms with Gasteiger partial charge in [-0.05, 0) is 11.1 Å². The largest absolute Gasteiger partial charge is 0.202 e. The van der Waals surface area contributed by atoms with Gasteiger partial charge in [0.15, 0.2) is 0 Å². The lowest BCUT2D eigenvalue weighted by Gasteiger charge is -1.92. The number of hydrogen-bond donors (Lipinski definition) is 0. The van der Waals surface area contributed by atoms with Crippen molar-refractivity contribution in [2.75, 3.05) is 0 Å². The minimum absolute atomic E-state index is 1.23. The standard InChI is InChI=1S/C14H12.2CHN/c1-3-7-13(8-4-1)11-12-14-9-5-2-6-10-14;2*1-2/h1-12H;2*1H. The highest BCUT2D eigenvalue weighted by Crippen LogP contribution is 2.06. The summed E-state index contributed by atoms with van der Waals surface area (Å²) >= 11 is 0. The van der Waals surface area contributed by atoms with Crippen LogP contribution in [-0.4, -0.2) is 0 Å². The lowest BCUT2D eigenvalue weighted by Crippen LogP contribution is -1.70. The van der Waals surface area contributed by atoms with Gasteiger partial charge in [0.1, 0.15) is 0 Å². The fourth-order valence-corrected chi connectivity index (χ4v) is 1.32. The predicted octanol–water partition coefficient (Wildman–Crippen LogP) is 4.14. The van der Waals surface area contributed by atoms with E-state index in [1.807, 2.05) is 36.4 Å². The lowest BCUT2D eigenvalue weighted by molar-refractivity contribution is 1.58. The van der Waals surface area contributed by atoms with Gasteiger partial charge in [-0.1, -0.05) is 72.8 Å². The zero-order valence-electron chi connectivity index (χ0n) is 9.98. The first-order valence-corrected chi connectivity index (χ1v) is 5.25. The summed E-state index contributed by atoms with van der Waals surface area (Å²) in [6, 6.07) is 20.6. The van der Waals surface area contributed by atoms with Crippen LogP contribution in [0.25, 0.3) is 12.2 Å². The van der Waals surface area contributed by atoms with Crippen molar-refractivity contribution in [1.29, 1.82) is 10.5 Å². The van der Waals surface area contributed by atoms with Crippen molar-refractivity contribution in [1.82, 2.24) is 0 Å². The summed E-state index contributed by atoms with van der Waals surface area (Å²) in [4.78, 5) is 0. The molecule has 0 unspecified atom stereocenters. The molecule has 0 N–H and O–H groups in total. The summed E-state index contributed by atoms with van der Waals surface area (Å²) in [5.74, 6) is 0. The van der Waals surface area contributed by atoms with E-state index >= 15 is 0 Å². The summed E-state index contributed by atoms with van der Waals surface area (Å²) < 4.78 is 0. The SMILES string of the molecule is C#N.C#N.C(=Cc1ccccc1)c1ccccc1. The van der Waals surface area contributed by atoms with Gasteiger partial charge in [0.05, 0.1) is 0 Å². The zero-order valence-corrected chi connectivity index (χ0v) is 9.98. The van der Waals surface area contributed by atoms with Crippen LogP contribution in [0.5, 0.6) is 0 Å². The number of rotatable bonds is 2. The average molecular weight is 234 g/mol. The highest BCUT2D eigenvalue weighted by molar-refractivity contribution is 5.69. The van der Waals surface area contributed by atoms with E-state index in [1.165, 1.54) is 11.1 Å². The molecule has 0 radical (unpaired) electrons. The van der Waals surface area contributed by atoms with Gasteiger partial charge in [0.25, 0.3) is 0 Å². The Bertz CT molecular complexity index is 434. The van der Waals surface area contributed by atoms with E-state index in [-0.39, 0.29) is 0 Å². The molecule has 18 heavy (non-hydrogen) atoms. The van der Waals surface area contributed by atoms with E-state index in [4.69, 9.17) is 10.5 Å². The maximum Gasteiger partial charge on any atom is 0.0462 e. The Kier molecular flexibility index (Phi) is 8.99. The third-order valence-corrected chi connectivity index (χ3v) is 2.07. The van der Waals surface area contributed by atoms with Gasteiger partial charge in [0, 0.05) is 13.1 Å². The molecule has 2 heteroatoms. The minimum Gasteiger partial charge on any atom is -0.202 e. The Labute approximate surface area is 108 Å². The van der Waals surface area contributed by atoms with Crippen LogP contribution >= 0.6 is 0 Å². The fourth-order valence-electron chi connectivity index (χ4n) is 1.32. The van der Waals surface area contributed by atoms with Crippen molar-refractivity contribution < 1.29 is 0 Å². The van der Waals surface area contributed by atoms with E-state index in [0.717, 1.165) is 0 Å². The first-order chi connectivity index (χ1) is 8.95. The van der Waals surface area contributed by atoms with Gasteiger partial charge >= 0.3 is 0 Å². The van der Waals surface area contributed by atoms with Crippen molar-refractivity contribution in [3.05, 3.63) is 71.8 Å². The van der Waals surface area contributed by atoms with Crippen LogP contribution in [0.15, 0.2) is 60.7 Å². The van der Waals surface area contributed by atoms with E-state index in [2.05, 4.69) is 49.6 Å². The quantitative estimate of drug-likeness (QED) is 0.733. The van der Waals surface area contributed by atoms with Gasteiger partial charge < -0.3 is 0 Å². The van der Waals surface area contributed by atoms with Gasteiger partial charge in [-0.3, -0.25) is 0 Å². The summed E-state index contributed by atoms with van der Waals surface area (Å²) in [6.45, 7) is 7.00. The Morgan fingerprint density at radius 3 is 1.11 bits per heavy atom. The molecule has 0 saturated heterocycles. The Morgan fingerprint density at radius 2 is 0.833 bits per heavy atom. The van der Waals surface area contributed by atoms with Crippen molar-refractivity contribution >= 4 is 12.2 Å². The summed E-state index contributed by atoms with van der Waals surface area (Å²) in [7, 11) is 0. The van der Waals surface area contributed by atoms with Crippen LogP contribution in [0, 0.1) is 23.7 Å². The molecule has 0 aliphatic rings. The number of hydrogen-bond acceptors (Lipinski definition) is 2. The van der Waals surface area contributed by atoms with E-state index in [9.17, 15) is 0 Å². The molecule has 0 bridgehead atoms. The topological polar surface area (TPSA) is 47.6 Å². The van der Waals surface area contributed by atoms with Gasteiger partial charge in [-0.25, -0.2) is 10.5 Å². The molecule has 0 amide bonds. The molecule has 2 nitrogen and oxygen atoms in total. The average Bonchev–Trinajstić information content (AvgIpc) is 2.51. The normalized spacial score (nSPS) is 8.44. The Morgan fingerprint density at radius 1 is 0.556 bits per heavy atom. The van der Waals surface area contributed by atoms with Crippen LogP contribution in [0.2, 0.25) is 0 Å². The third-order valence-electron chi connectivity index (χ3n) is 2.07. The van der Waals surface area contributed by atoms with E-state index < -0.39 is 0 Å². The van der Waals surface area contributed by atoms with Crippen molar-refractivity contribution in [2.24, 2.45) is 0 Å². The van der Waals surface area contributed by atoms with Gasteiger partial charge in [0.2, 0.25) is 0 Å². The summed E-state index contributed by atoms with van der Waals surface area (Å²) in [5.41, 5.74) is 2.47. The maximum atomic E-state index is 6.50. The molecular weight excluding hydrogens is 220 g/mol. The highest BCUT2D eigenvalue weighted by Gasteiger charge is 1.84. The summed E-state index contributed by atoms with van der Waals surface area (Å²) in [6.07, 6.45) is 4.24. The number of nitrogens with zero attached hydrogens (tertiary/aromatic N) is 2. The molecule has 2 aromatic rings. The lowest BCUT2D eigenvalue weighted by atomic mass is 10.1. The monoisotopic (exact) mass is 234 g/mol. The van der Waals surface area contributed by atoms with Crippen molar-refractivity contribution in [3.8, 4) is 13.1 Å². The summed E-state index contributed by atoms with van der Waals surface area (Å²) in [5, 5.41) is 13.0. The Hall–Kier alpha value is -2.84. The first kappa shape index (κ1) is 15.2. The molecule has 0 spiro atoms. The molecule has 0 aliphatic heterocycles. The van der Waals surface area contributed by atoms with Crippen LogP contribution in [0.1, 0.15) is 11.1 Å². The smallest absolute Gasteiger partial charge is 0.0462 e. The first-order valence-electron chi connectivity index (χ1n) is 5.25. The second-order valence-corrected chi connectivity index (χ2v) is 3.15. The Balaban J connectivity index is 0.000000659. The highest BCUT2D eigenvalue weighted by atomic mass is 14.2. The van der Waals surface area contributed by atoms with Crippen LogP contribution in [0.3, 0.4) is 0 Å². The van der Waals surface area contributed by atoms with Crippen LogP contribution < -0.4 is 0 Å². The molecule has 0 heterocycles. The maximum absolute atomic E-state index is 6.50. The molecule has 0 aliphatic carbocycles. The molecule has 0 saturated carbocycles. The van der Waals surface area contributed by atoms with Crippen molar-refractivity contribution in [2.45, 2.75) is 0 Å². The van der Waals surface area contributed by atoms with Crippen molar-refractivity contribution in [3.63, 3.8) is 0 Å². The van der Waals surface area contributed by atoms with Crippen LogP contribution in [-0.2, 0) is 0 Å². The van der Waals surface area contributed by atoms with Gasteiger partial charge in [-0.15, -0.1) is 0 Å². The molecule has 2 aromatic carbocycles. The zero-order chi connectivity index (χ0) is 13.6. The van der Waals surface area contributed by atoms with E-state index in [0.29, 0.717) is 0 Å².